The third-order valence-electron chi connectivity index (χ3n) is 9.21. The highest BCUT2D eigenvalue weighted by Gasteiger charge is 2.37. The average molecular weight is 610 g/mol. The van der Waals surface area contributed by atoms with Gasteiger partial charge in [-0.3, -0.25) is 4.79 Å². The molecule has 9 heteroatoms. The number of fused-ring (bicyclic) bond motifs is 1. The van der Waals surface area contributed by atoms with Gasteiger partial charge in [-0.1, -0.05) is 30.3 Å². The quantitative estimate of drug-likeness (QED) is 0.278. The second-order valence-electron chi connectivity index (χ2n) is 12.1. The topological polar surface area (TPSA) is 81.7 Å². The smallest absolute Gasteiger partial charge is 0.248 e. The number of likely N-dealkylation sites (N-methyl/N-ethyl adjacent to an activating group) is 1. The number of amides is 1. The van der Waals surface area contributed by atoms with E-state index in [0.29, 0.717) is 45.3 Å². The molecule has 0 spiro atoms. The Hall–Kier alpha value is -2.69. The van der Waals surface area contributed by atoms with Crippen molar-refractivity contribution in [2.75, 3.05) is 78.2 Å². The van der Waals surface area contributed by atoms with Gasteiger partial charge in [-0.25, -0.2) is 0 Å². The molecule has 1 aliphatic carbocycles. The molecule has 5 rings (SSSR count). The minimum absolute atomic E-state index is 0.0193. The summed E-state index contributed by atoms with van der Waals surface area (Å²) in [6.07, 6.45) is 3.23. The summed E-state index contributed by atoms with van der Waals surface area (Å²) in [4.78, 5) is 17.0. The first-order chi connectivity index (χ1) is 21.6. The predicted octanol–water partition coefficient (Wildman–Crippen LogP) is 4.55. The van der Waals surface area contributed by atoms with Crippen molar-refractivity contribution in [3.05, 3.63) is 59.2 Å². The number of anilines is 1. The van der Waals surface area contributed by atoms with Crippen LogP contribution in [0.25, 0.3) is 0 Å². The molecule has 1 saturated carbocycles. The van der Waals surface area contributed by atoms with Crippen LogP contribution >= 0.6 is 0 Å². The molecule has 2 heterocycles. The van der Waals surface area contributed by atoms with E-state index in [9.17, 15) is 4.79 Å². The lowest BCUT2D eigenvalue weighted by molar-refractivity contribution is -0.140. The normalized spacial score (nSPS) is 22.3. The van der Waals surface area contributed by atoms with Crippen LogP contribution in [0.5, 0.6) is 5.75 Å². The number of nitrogens with one attached hydrogen (secondary N) is 1. The molecule has 242 valence electrons. The molecule has 1 N–H and O–H groups in total. The van der Waals surface area contributed by atoms with E-state index < -0.39 is 0 Å². The van der Waals surface area contributed by atoms with Gasteiger partial charge in [0.2, 0.25) is 5.91 Å². The van der Waals surface area contributed by atoms with Crippen LogP contribution in [-0.4, -0.2) is 96.3 Å². The van der Waals surface area contributed by atoms with E-state index in [4.69, 9.17) is 23.7 Å². The molecule has 0 radical (unpaired) electrons. The molecular weight excluding hydrogens is 558 g/mol. The van der Waals surface area contributed by atoms with Crippen molar-refractivity contribution in [1.29, 1.82) is 0 Å². The van der Waals surface area contributed by atoms with E-state index >= 15 is 0 Å². The third kappa shape index (κ3) is 8.12. The average Bonchev–Trinajstić information content (AvgIpc) is 3.90. The number of hydrogen-bond donors (Lipinski definition) is 1. The van der Waals surface area contributed by atoms with Gasteiger partial charge in [0.05, 0.1) is 37.2 Å². The number of rotatable bonds is 16. The summed E-state index contributed by atoms with van der Waals surface area (Å²) in [5.41, 5.74) is 4.59. The Kier molecular flexibility index (Phi) is 11.9. The fraction of sp³-hybridized carbons (Fsp3) is 0.629. The standard InChI is InChI=1S/C35H51N3O6/c1-5-37(6-2)33(39)24-44-32-22-36-21-31(34(32)26-9-11-27(12-10-26)35(41-4)28-13-14-28)43-23-25-8-15-30-29(20-25)38(17-19-42-30)16-7-18-40-3/h8-12,15,20,28,31-32,34-36H,5-7,13-14,16-19,21-24H2,1-4H3/t31-,32+,34+,35?/m0/s1. The highest BCUT2D eigenvalue weighted by molar-refractivity contribution is 5.77. The fourth-order valence-corrected chi connectivity index (χ4v) is 6.61. The Labute approximate surface area is 263 Å². The van der Waals surface area contributed by atoms with Gasteiger partial charge in [-0.05, 0) is 67.9 Å². The Morgan fingerprint density at radius 2 is 1.80 bits per heavy atom. The predicted molar refractivity (Wildman–Crippen MR) is 171 cm³/mol. The van der Waals surface area contributed by atoms with Crippen molar-refractivity contribution in [3.63, 3.8) is 0 Å². The number of hydrogen-bond acceptors (Lipinski definition) is 8. The fourth-order valence-electron chi connectivity index (χ4n) is 6.61. The summed E-state index contributed by atoms with van der Waals surface area (Å²) in [5, 5.41) is 3.51. The van der Waals surface area contributed by atoms with Gasteiger partial charge in [0.1, 0.15) is 19.0 Å². The van der Waals surface area contributed by atoms with Crippen molar-refractivity contribution in [3.8, 4) is 5.75 Å². The van der Waals surface area contributed by atoms with Gasteiger partial charge < -0.3 is 38.8 Å². The summed E-state index contributed by atoms with van der Waals surface area (Å²) in [6.45, 7) is 10.5. The van der Waals surface area contributed by atoms with E-state index in [-0.39, 0.29) is 36.7 Å². The summed E-state index contributed by atoms with van der Waals surface area (Å²) < 4.78 is 30.1. The first-order valence-electron chi connectivity index (χ1n) is 16.4. The monoisotopic (exact) mass is 609 g/mol. The van der Waals surface area contributed by atoms with Crippen LogP contribution in [0.1, 0.15) is 61.8 Å². The zero-order valence-electron chi connectivity index (χ0n) is 27.0. The van der Waals surface area contributed by atoms with Crippen LogP contribution < -0.4 is 15.0 Å². The van der Waals surface area contributed by atoms with Crippen molar-refractivity contribution in [1.82, 2.24) is 10.2 Å². The molecule has 0 aromatic heterocycles. The molecule has 2 fully saturated rings. The zero-order valence-corrected chi connectivity index (χ0v) is 27.0. The number of piperidine rings is 1. The molecule has 2 aromatic rings. The Bertz CT molecular complexity index is 1190. The van der Waals surface area contributed by atoms with Gasteiger partial charge in [-0.2, -0.15) is 0 Å². The maximum absolute atomic E-state index is 12.8. The summed E-state index contributed by atoms with van der Waals surface area (Å²) in [5.74, 6) is 1.52. The van der Waals surface area contributed by atoms with E-state index in [1.54, 1.807) is 14.2 Å². The first kappa shape index (κ1) is 32.7. The SMILES string of the molecule is CCN(CC)C(=O)CO[C@@H]1CNC[C@H](OCc2ccc3c(c2)N(CCCOC)CCO3)[C@H]1c1ccc(C(OC)C2CC2)cc1. The van der Waals surface area contributed by atoms with Gasteiger partial charge in [0.25, 0.3) is 0 Å². The van der Waals surface area contributed by atoms with Crippen molar-refractivity contribution >= 4 is 11.6 Å². The maximum Gasteiger partial charge on any atom is 0.248 e. The van der Waals surface area contributed by atoms with Crippen LogP contribution in [0.4, 0.5) is 5.69 Å². The molecule has 1 saturated heterocycles. The van der Waals surface area contributed by atoms with Crippen molar-refractivity contribution < 1.29 is 28.5 Å². The molecule has 9 nitrogen and oxygen atoms in total. The van der Waals surface area contributed by atoms with E-state index in [0.717, 1.165) is 48.7 Å². The molecule has 3 aliphatic rings. The molecular formula is C35H51N3O6. The minimum Gasteiger partial charge on any atom is -0.490 e. The van der Waals surface area contributed by atoms with Crippen LogP contribution in [0.15, 0.2) is 42.5 Å². The van der Waals surface area contributed by atoms with Crippen LogP contribution in [0.2, 0.25) is 0 Å². The number of carbonyl (C=O) groups is 1. The lowest BCUT2D eigenvalue weighted by atomic mass is 9.84. The zero-order chi connectivity index (χ0) is 30.9. The van der Waals surface area contributed by atoms with Crippen LogP contribution in [-0.2, 0) is 30.3 Å². The molecule has 1 unspecified atom stereocenters. The second-order valence-corrected chi connectivity index (χ2v) is 12.1. The van der Waals surface area contributed by atoms with Gasteiger partial charge in [-0.15, -0.1) is 0 Å². The first-order valence-corrected chi connectivity index (χ1v) is 16.4. The number of benzene rings is 2. The number of ether oxygens (including phenoxy) is 5. The molecule has 44 heavy (non-hydrogen) atoms. The lowest BCUT2D eigenvalue weighted by Crippen LogP contribution is -2.51. The van der Waals surface area contributed by atoms with Crippen LogP contribution in [0, 0.1) is 5.92 Å². The van der Waals surface area contributed by atoms with Gasteiger partial charge in [0, 0.05) is 59.5 Å². The summed E-state index contributed by atoms with van der Waals surface area (Å²) in [7, 11) is 3.55. The number of methoxy groups -OCH3 is 2. The molecule has 0 bridgehead atoms. The number of nitrogens with zero attached hydrogens (tertiary/aromatic N) is 2. The van der Waals surface area contributed by atoms with E-state index in [1.807, 2.05) is 18.7 Å². The van der Waals surface area contributed by atoms with Crippen molar-refractivity contribution in [2.24, 2.45) is 5.92 Å². The van der Waals surface area contributed by atoms with Gasteiger partial charge in [0.15, 0.2) is 0 Å². The highest BCUT2D eigenvalue weighted by atomic mass is 16.5. The summed E-state index contributed by atoms with van der Waals surface area (Å²) in [6, 6.07) is 15.1. The minimum atomic E-state index is -0.200. The second kappa shape index (κ2) is 16.0. The lowest BCUT2D eigenvalue weighted by Gasteiger charge is -2.39. The Morgan fingerprint density at radius 1 is 1.05 bits per heavy atom. The van der Waals surface area contributed by atoms with E-state index in [2.05, 4.69) is 52.7 Å². The van der Waals surface area contributed by atoms with Gasteiger partial charge >= 0.3 is 0 Å². The number of carbonyl (C=O) groups excluding carboxylic acids is 1. The largest absolute Gasteiger partial charge is 0.490 e. The van der Waals surface area contributed by atoms with E-state index in [1.165, 1.54) is 18.4 Å². The van der Waals surface area contributed by atoms with Crippen molar-refractivity contribution in [2.45, 2.75) is 63.9 Å². The third-order valence-corrected chi connectivity index (χ3v) is 9.21. The molecule has 2 aliphatic heterocycles. The summed E-state index contributed by atoms with van der Waals surface area (Å²) >= 11 is 0. The highest BCUT2D eigenvalue weighted by Crippen LogP contribution is 2.43. The van der Waals surface area contributed by atoms with Crippen LogP contribution in [0.3, 0.4) is 0 Å². The Balaban J connectivity index is 1.32. The molecule has 2 aromatic carbocycles. The molecule has 4 atom stereocenters. The Morgan fingerprint density at radius 3 is 2.48 bits per heavy atom. The maximum atomic E-state index is 12.8. The molecule has 1 amide bonds.